The predicted molar refractivity (Wildman–Crippen MR) is 125 cm³/mol. The lowest BCUT2D eigenvalue weighted by molar-refractivity contribution is -0.126. The van der Waals surface area contributed by atoms with Crippen LogP contribution < -0.4 is 25.6 Å². The molecule has 1 saturated heterocycles. The molecule has 2 amide bonds. The summed E-state index contributed by atoms with van der Waals surface area (Å²) in [6, 6.07) is 14.6. The van der Waals surface area contributed by atoms with E-state index in [2.05, 4.69) is 31.1 Å². The minimum Gasteiger partial charge on any atom is -0.497 e. The Kier molecular flexibility index (Phi) is 6.93. The molecule has 3 aromatic rings. The van der Waals surface area contributed by atoms with Gasteiger partial charge in [0.1, 0.15) is 11.6 Å². The molecule has 2 aromatic heterocycles. The first-order valence-electron chi connectivity index (χ1n) is 10.6. The van der Waals surface area contributed by atoms with Crippen molar-refractivity contribution in [1.29, 1.82) is 0 Å². The normalized spacial score (nSPS) is 15.2. The summed E-state index contributed by atoms with van der Waals surface area (Å²) < 4.78 is 5.15. The van der Waals surface area contributed by atoms with Crippen LogP contribution >= 0.6 is 0 Å². The number of amides is 2. The highest BCUT2D eigenvalue weighted by atomic mass is 16.5. The number of rotatable bonds is 9. The molecule has 3 N–H and O–H groups in total. The molecular weight excluding hydrogens is 422 g/mol. The molecule has 10 nitrogen and oxygen atoms in total. The number of hydrogen-bond donors (Lipinski definition) is 3. The molecule has 1 aliphatic rings. The SMILES string of the molecule is COc1ccc(N2C[C@@H](C(=O)NCCNc3ccc(Nc4cccnc4)nn3)CC2=O)cc1. The van der Waals surface area contributed by atoms with Gasteiger partial charge in [-0.15, -0.1) is 10.2 Å². The van der Waals surface area contributed by atoms with Gasteiger partial charge in [-0.3, -0.25) is 14.6 Å². The van der Waals surface area contributed by atoms with Gasteiger partial charge in [0.05, 0.1) is 24.9 Å². The average Bonchev–Trinajstić information content (AvgIpc) is 3.25. The minimum atomic E-state index is -0.378. The van der Waals surface area contributed by atoms with E-state index in [4.69, 9.17) is 4.74 Å². The van der Waals surface area contributed by atoms with Crippen LogP contribution in [0.2, 0.25) is 0 Å². The van der Waals surface area contributed by atoms with Crippen LogP contribution in [0.3, 0.4) is 0 Å². The summed E-state index contributed by atoms with van der Waals surface area (Å²) in [5, 5.41) is 17.3. The number of hydrogen-bond acceptors (Lipinski definition) is 8. The second-order valence-electron chi connectivity index (χ2n) is 7.49. The number of benzene rings is 1. The maximum Gasteiger partial charge on any atom is 0.227 e. The lowest BCUT2D eigenvalue weighted by Crippen LogP contribution is -2.35. The summed E-state index contributed by atoms with van der Waals surface area (Å²) in [5.41, 5.74) is 1.59. The van der Waals surface area contributed by atoms with E-state index in [1.54, 1.807) is 48.7 Å². The molecule has 0 radical (unpaired) electrons. The summed E-state index contributed by atoms with van der Waals surface area (Å²) in [5.74, 6) is 1.35. The third-order valence-electron chi connectivity index (χ3n) is 5.21. The van der Waals surface area contributed by atoms with Crippen LogP contribution in [0.4, 0.5) is 23.0 Å². The van der Waals surface area contributed by atoms with E-state index in [1.807, 2.05) is 24.3 Å². The second kappa shape index (κ2) is 10.4. The van der Waals surface area contributed by atoms with E-state index in [9.17, 15) is 9.59 Å². The van der Waals surface area contributed by atoms with Crippen molar-refractivity contribution in [2.75, 3.05) is 42.3 Å². The molecule has 0 saturated carbocycles. The van der Waals surface area contributed by atoms with Crippen molar-refractivity contribution in [2.45, 2.75) is 6.42 Å². The molecule has 170 valence electrons. The highest BCUT2D eigenvalue weighted by Crippen LogP contribution is 2.26. The highest BCUT2D eigenvalue weighted by Gasteiger charge is 2.34. The topological polar surface area (TPSA) is 121 Å². The van der Waals surface area contributed by atoms with E-state index in [0.29, 0.717) is 31.3 Å². The number of carbonyl (C=O) groups is 2. The fraction of sp³-hybridized carbons (Fsp3) is 0.261. The van der Waals surface area contributed by atoms with Gasteiger partial charge < -0.3 is 25.6 Å². The summed E-state index contributed by atoms with van der Waals surface area (Å²) in [6.07, 6.45) is 3.59. The zero-order valence-electron chi connectivity index (χ0n) is 18.2. The fourth-order valence-electron chi connectivity index (χ4n) is 3.49. The molecule has 1 atom stereocenters. The number of ether oxygens (including phenoxy) is 1. The lowest BCUT2D eigenvalue weighted by Gasteiger charge is -2.17. The van der Waals surface area contributed by atoms with E-state index in [1.165, 1.54) is 0 Å². The summed E-state index contributed by atoms with van der Waals surface area (Å²) >= 11 is 0. The minimum absolute atomic E-state index is 0.0614. The zero-order chi connectivity index (χ0) is 23.0. The number of methoxy groups -OCH3 is 1. The third-order valence-corrected chi connectivity index (χ3v) is 5.21. The molecule has 1 aromatic carbocycles. The number of pyridine rings is 1. The van der Waals surface area contributed by atoms with E-state index in [0.717, 1.165) is 17.1 Å². The maximum absolute atomic E-state index is 12.5. The molecule has 1 fully saturated rings. The van der Waals surface area contributed by atoms with Crippen molar-refractivity contribution in [3.05, 3.63) is 60.9 Å². The van der Waals surface area contributed by atoms with Crippen molar-refractivity contribution in [3.8, 4) is 5.75 Å². The molecule has 0 spiro atoms. The Bertz CT molecular complexity index is 1080. The number of anilines is 4. The number of aromatic nitrogens is 3. The smallest absolute Gasteiger partial charge is 0.227 e. The largest absolute Gasteiger partial charge is 0.497 e. The molecule has 0 unspecified atom stereocenters. The van der Waals surface area contributed by atoms with Crippen molar-refractivity contribution in [1.82, 2.24) is 20.5 Å². The quantitative estimate of drug-likeness (QED) is 0.427. The van der Waals surface area contributed by atoms with Crippen molar-refractivity contribution in [2.24, 2.45) is 5.92 Å². The Morgan fingerprint density at radius 1 is 1.09 bits per heavy atom. The standard InChI is InChI=1S/C23H25N7O3/c1-33-19-6-4-18(5-7-19)30-15-16(13-22(30)31)23(32)26-12-11-25-20-8-9-21(29-28-20)27-17-3-2-10-24-14-17/h2-10,14,16H,11-13,15H2,1H3,(H,25,28)(H,26,32)(H,27,29)/t16-/m0/s1. The highest BCUT2D eigenvalue weighted by molar-refractivity contribution is 6.00. The maximum atomic E-state index is 12.5. The summed E-state index contributed by atoms with van der Waals surface area (Å²) in [4.78, 5) is 30.6. The van der Waals surface area contributed by atoms with Crippen molar-refractivity contribution in [3.63, 3.8) is 0 Å². The van der Waals surface area contributed by atoms with Crippen LogP contribution in [0.25, 0.3) is 0 Å². The first-order chi connectivity index (χ1) is 16.1. The molecule has 3 heterocycles. The van der Waals surface area contributed by atoms with Gasteiger partial charge in [-0.1, -0.05) is 0 Å². The monoisotopic (exact) mass is 447 g/mol. The fourth-order valence-corrected chi connectivity index (χ4v) is 3.49. The number of carbonyl (C=O) groups excluding carboxylic acids is 2. The van der Waals surface area contributed by atoms with Gasteiger partial charge in [0.15, 0.2) is 5.82 Å². The van der Waals surface area contributed by atoms with Crippen LogP contribution in [0.5, 0.6) is 5.75 Å². The van der Waals surface area contributed by atoms with Crippen LogP contribution in [0.15, 0.2) is 60.9 Å². The molecule has 0 aliphatic carbocycles. The molecule has 0 bridgehead atoms. The predicted octanol–water partition coefficient (Wildman–Crippen LogP) is 2.20. The zero-order valence-corrected chi connectivity index (χ0v) is 18.2. The average molecular weight is 447 g/mol. The van der Waals surface area contributed by atoms with E-state index in [-0.39, 0.29) is 24.2 Å². The van der Waals surface area contributed by atoms with Crippen LogP contribution in [-0.2, 0) is 9.59 Å². The van der Waals surface area contributed by atoms with Gasteiger partial charge in [-0.05, 0) is 48.5 Å². The lowest BCUT2D eigenvalue weighted by atomic mass is 10.1. The van der Waals surface area contributed by atoms with Crippen LogP contribution in [0, 0.1) is 5.92 Å². The Hall–Kier alpha value is -4.21. The van der Waals surface area contributed by atoms with Gasteiger partial charge in [-0.25, -0.2) is 0 Å². The first kappa shape index (κ1) is 22.0. The van der Waals surface area contributed by atoms with Crippen LogP contribution in [0.1, 0.15) is 6.42 Å². The molecule has 4 rings (SSSR count). The van der Waals surface area contributed by atoms with Crippen molar-refractivity contribution < 1.29 is 14.3 Å². The summed E-state index contributed by atoms with van der Waals surface area (Å²) in [6.45, 7) is 1.25. The van der Waals surface area contributed by atoms with Crippen molar-refractivity contribution >= 4 is 34.8 Å². The Labute approximate surface area is 191 Å². The van der Waals surface area contributed by atoms with Gasteiger partial charge in [0, 0.05) is 37.9 Å². The molecular formula is C23H25N7O3. The van der Waals surface area contributed by atoms with Gasteiger partial charge >= 0.3 is 0 Å². The van der Waals surface area contributed by atoms with E-state index >= 15 is 0 Å². The van der Waals surface area contributed by atoms with Gasteiger partial charge in [-0.2, -0.15) is 0 Å². The molecule has 10 heteroatoms. The number of nitrogens with one attached hydrogen (secondary N) is 3. The summed E-state index contributed by atoms with van der Waals surface area (Å²) in [7, 11) is 1.59. The van der Waals surface area contributed by atoms with Gasteiger partial charge in [0.25, 0.3) is 0 Å². The second-order valence-corrected chi connectivity index (χ2v) is 7.49. The van der Waals surface area contributed by atoms with Gasteiger partial charge in [0.2, 0.25) is 11.8 Å². The van der Waals surface area contributed by atoms with E-state index < -0.39 is 0 Å². The third kappa shape index (κ3) is 5.73. The Morgan fingerprint density at radius 3 is 2.58 bits per heavy atom. The Balaban J connectivity index is 1.20. The Morgan fingerprint density at radius 2 is 1.88 bits per heavy atom. The first-order valence-corrected chi connectivity index (χ1v) is 10.6. The molecule has 33 heavy (non-hydrogen) atoms. The molecule has 1 aliphatic heterocycles. The number of nitrogens with zero attached hydrogens (tertiary/aromatic N) is 4. The van der Waals surface area contributed by atoms with Crippen LogP contribution in [-0.4, -0.2) is 53.7 Å².